The number of nitrogens with one attached hydrogen (secondary N) is 2. The topological polar surface area (TPSA) is 124 Å². The maximum atomic E-state index is 14.6. The Bertz CT molecular complexity index is 1230. The van der Waals surface area contributed by atoms with Gasteiger partial charge in [-0.1, -0.05) is 18.2 Å². The number of carbonyl (C=O) groups excluding carboxylic acids is 1. The molecule has 1 amide bonds. The third-order valence-corrected chi connectivity index (χ3v) is 4.68. The molecular formula is C20H20FN7O2. The molecule has 0 saturated carbocycles. The van der Waals surface area contributed by atoms with Crippen LogP contribution in [0.2, 0.25) is 0 Å². The number of nitrogens with zero attached hydrogens (tertiary/aromatic N) is 4. The molecule has 30 heavy (non-hydrogen) atoms. The highest BCUT2D eigenvalue weighted by Gasteiger charge is 2.17. The third kappa shape index (κ3) is 3.66. The highest BCUT2D eigenvalue weighted by Crippen LogP contribution is 2.32. The predicted molar refractivity (Wildman–Crippen MR) is 110 cm³/mol. The summed E-state index contributed by atoms with van der Waals surface area (Å²) in [5.74, 6) is -0.348. The van der Waals surface area contributed by atoms with Crippen LogP contribution in [-0.4, -0.2) is 37.7 Å². The monoisotopic (exact) mass is 409 g/mol. The molecule has 0 aliphatic carbocycles. The van der Waals surface area contributed by atoms with Crippen molar-refractivity contribution < 1.29 is 13.9 Å². The number of rotatable bonds is 7. The number of aryl methyl sites for hydroxylation is 2. The highest BCUT2D eigenvalue weighted by molar-refractivity contribution is 5.96. The summed E-state index contributed by atoms with van der Waals surface area (Å²) in [6.45, 7) is 0. The molecule has 0 aliphatic heterocycles. The van der Waals surface area contributed by atoms with Crippen LogP contribution in [0.1, 0.15) is 12.0 Å². The van der Waals surface area contributed by atoms with Crippen LogP contribution in [-0.2, 0) is 18.3 Å². The Morgan fingerprint density at radius 3 is 3.00 bits per heavy atom. The fourth-order valence-corrected chi connectivity index (χ4v) is 3.32. The molecule has 10 heteroatoms. The lowest BCUT2D eigenvalue weighted by molar-refractivity contribution is -0.117. The number of H-pyrrole nitrogens is 1. The zero-order chi connectivity index (χ0) is 21.3. The van der Waals surface area contributed by atoms with E-state index in [1.54, 1.807) is 24.1 Å². The minimum Gasteiger partial charge on any atom is -0.478 e. The van der Waals surface area contributed by atoms with E-state index < -0.39 is 5.82 Å². The maximum Gasteiger partial charge on any atom is 0.256 e. The Hall–Kier alpha value is -3.95. The quantitative estimate of drug-likeness (QED) is 0.431. The Kier molecular flexibility index (Phi) is 5.05. The van der Waals surface area contributed by atoms with E-state index >= 15 is 0 Å². The number of aromatic amines is 1. The number of amides is 1. The van der Waals surface area contributed by atoms with Crippen molar-refractivity contribution in [1.82, 2.24) is 24.7 Å². The van der Waals surface area contributed by atoms with Crippen molar-refractivity contribution in [1.29, 1.82) is 0 Å². The maximum absolute atomic E-state index is 14.6. The van der Waals surface area contributed by atoms with Gasteiger partial charge < -0.3 is 20.8 Å². The zero-order valence-electron chi connectivity index (χ0n) is 16.4. The van der Waals surface area contributed by atoms with Gasteiger partial charge in [0.1, 0.15) is 11.4 Å². The first kappa shape index (κ1) is 19.4. The molecule has 154 valence electrons. The number of benzene rings is 1. The van der Waals surface area contributed by atoms with Crippen LogP contribution in [0.3, 0.4) is 0 Å². The molecule has 3 heterocycles. The summed E-state index contributed by atoms with van der Waals surface area (Å²) >= 11 is 0. The standard InChI is InChI=1S/C20H20FN7O2/c1-28-10-15(19(27-28)30-2)25-20-24-9-14(21)18(26-20)13-8-23-17-11(6-7-16(22)29)4-3-5-12(13)17/h3-5,8-10,23H,6-7H2,1-2H3,(H2,22,29)(H,24,25,26). The van der Waals surface area contributed by atoms with E-state index in [2.05, 4.69) is 25.4 Å². The molecule has 0 fully saturated rings. The molecule has 3 aromatic heterocycles. The van der Waals surface area contributed by atoms with Gasteiger partial charge in [-0.05, 0) is 12.0 Å². The van der Waals surface area contributed by atoms with Crippen LogP contribution in [0.15, 0.2) is 36.8 Å². The molecule has 0 unspecified atom stereocenters. The molecule has 9 nitrogen and oxygen atoms in total. The Morgan fingerprint density at radius 1 is 1.40 bits per heavy atom. The number of hydrogen-bond donors (Lipinski definition) is 3. The number of para-hydroxylation sites is 1. The van der Waals surface area contributed by atoms with E-state index in [1.165, 1.54) is 7.11 Å². The average molecular weight is 409 g/mol. The normalized spacial score (nSPS) is 11.0. The third-order valence-electron chi connectivity index (χ3n) is 4.68. The summed E-state index contributed by atoms with van der Waals surface area (Å²) in [6.07, 6.45) is 5.24. The Morgan fingerprint density at radius 2 is 2.23 bits per heavy atom. The lowest BCUT2D eigenvalue weighted by Crippen LogP contribution is -2.11. The van der Waals surface area contributed by atoms with E-state index in [-0.39, 0.29) is 24.0 Å². The predicted octanol–water partition coefficient (Wildman–Crippen LogP) is 2.67. The first-order chi connectivity index (χ1) is 14.5. The molecule has 0 saturated heterocycles. The van der Waals surface area contributed by atoms with Gasteiger partial charge in [0.25, 0.3) is 5.88 Å². The first-order valence-corrected chi connectivity index (χ1v) is 9.21. The van der Waals surface area contributed by atoms with E-state index in [1.807, 2.05) is 18.2 Å². The van der Waals surface area contributed by atoms with Crippen molar-refractivity contribution in [3.8, 4) is 17.1 Å². The van der Waals surface area contributed by atoms with Crippen molar-refractivity contribution in [2.24, 2.45) is 12.8 Å². The van der Waals surface area contributed by atoms with Crippen LogP contribution >= 0.6 is 0 Å². The average Bonchev–Trinajstić information content (AvgIpc) is 3.31. The fraction of sp³-hybridized carbons (Fsp3) is 0.200. The van der Waals surface area contributed by atoms with E-state index in [0.29, 0.717) is 23.6 Å². The molecular weight excluding hydrogens is 389 g/mol. The SMILES string of the molecule is COc1nn(C)cc1Nc1ncc(F)c(-c2c[nH]c3c(CCC(N)=O)cccc23)n1. The summed E-state index contributed by atoms with van der Waals surface area (Å²) in [4.78, 5) is 22.7. The zero-order valence-corrected chi connectivity index (χ0v) is 16.4. The minimum absolute atomic E-state index is 0.147. The van der Waals surface area contributed by atoms with Gasteiger partial charge in [-0.3, -0.25) is 9.48 Å². The van der Waals surface area contributed by atoms with Crippen LogP contribution in [0, 0.1) is 5.82 Å². The van der Waals surface area contributed by atoms with Gasteiger partial charge in [0.15, 0.2) is 5.82 Å². The Labute approximate surface area is 171 Å². The molecule has 4 aromatic rings. The molecule has 0 aliphatic rings. The molecule has 1 aromatic carbocycles. The number of hydrogen-bond acceptors (Lipinski definition) is 6. The number of fused-ring (bicyclic) bond motifs is 1. The minimum atomic E-state index is -0.554. The van der Waals surface area contributed by atoms with Gasteiger partial charge in [-0.2, -0.15) is 0 Å². The van der Waals surface area contributed by atoms with E-state index in [0.717, 1.165) is 22.7 Å². The first-order valence-electron chi connectivity index (χ1n) is 9.21. The second-order valence-corrected chi connectivity index (χ2v) is 6.75. The van der Waals surface area contributed by atoms with Gasteiger partial charge in [-0.15, -0.1) is 5.10 Å². The van der Waals surface area contributed by atoms with E-state index in [4.69, 9.17) is 10.5 Å². The van der Waals surface area contributed by atoms with Crippen molar-refractivity contribution in [3.05, 3.63) is 48.2 Å². The van der Waals surface area contributed by atoms with Gasteiger partial charge in [0, 0.05) is 36.1 Å². The van der Waals surface area contributed by atoms with Crippen molar-refractivity contribution in [3.63, 3.8) is 0 Å². The largest absolute Gasteiger partial charge is 0.478 e. The number of aromatic nitrogens is 5. The summed E-state index contributed by atoms with van der Waals surface area (Å²) in [7, 11) is 3.26. The summed E-state index contributed by atoms with van der Waals surface area (Å²) in [6, 6.07) is 5.63. The smallest absolute Gasteiger partial charge is 0.256 e. The van der Waals surface area contributed by atoms with Crippen molar-refractivity contribution in [2.45, 2.75) is 12.8 Å². The summed E-state index contributed by atoms with van der Waals surface area (Å²) in [5.41, 5.74) is 8.30. The van der Waals surface area contributed by atoms with Gasteiger partial charge in [0.05, 0.1) is 19.5 Å². The van der Waals surface area contributed by atoms with Crippen LogP contribution in [0.5, 0.6) is 5.88 Å². The number of nitrogens with two attached hydrogens (primary N) is 1. The summed E-state index contributed by atoms with van der Waals surface area (Å²) in [5, 5.41) is 7.96. The molecule has 0 radical (unpaired) electrons. The number of methoxy groups -OCH3 is 1. The van der Waals surface area contributed by atoms with Crippen LogP contribution < -0.4 is 15.8 Å². The Balaban J connectivity index is 1.72. The number of primary amides is 1. The van der Waals surface area contributed by atoms with Crippen molar-refractivity contribution in [2.75, 3.05) is 12.4 Å². The number of carbonyl (C=O) groups is 1. The fourth-order valence-electron chi connectivity index (χ4n) is 3.32. The van der Waals surface area contributed by atoms with Gasteiger partial charge in [-0.25, -0.2) is 14.4 Å². The molecule has 4 N–H and O–H groups in total. The highest BCUT2D eigenvalue weighted by atomic mass is 19.1. The molecule has 0 atom stereocenters. The summed E-state index contributed by atoms with van der Waals surface area (Å²) < 4.78 is 21.4. The molecule has 0 spiro atoms. The van der Waals surface area contributed by atoms with E-state index in [9.17, 15) is 9.18 Å². The van der Waals surface area contributed by atoms with Crippen LogP contribution in [0.4, 0.5) is 16.0 Å². The lowest BCUT2D eigenvalue weighted by atomic mass is 10.0. The molecule has 4 rings (SSSR count). The van der Waals surface area contributed by atoms with Crippen molar-refractivity contribution >= 4 is 28.4 Å². The van der Waals surface area contributed by atoms with Gasteiger partial charge in [0.2, 0.25) is 11.9 Å². The molecule has 0 bridgehead atoms. The number of anilines is 2. The number of ether oxygens (including phenoxy) is 1. The lowest BCUT2D eigenvalue weighted by Gasteiger charge is -2.07. The van der Waals surface area contributed by atoms with Gasteiger partial charge >= 0.3 is 0 Å². The second kappa shape index (κ2) is 7.82. The number of halogens is 1. The van der Waals surface area contributed by atoms with Crippen LogP contribution in [0.25, 0.3) is 22.2 Å². The second-order valence-electron chi connectivity index (χ2n) is 6.75.